The van der Waals surface area contributed by atoms with Crippen LogP contribution in [0.4, 0.5) is 0 Å². The Kier molecular flexibility index (Phi) is 0.944. The SMILES string of the molecule is O=S1(=O)NC2CC3CC1C2O3. The second-order valence-corrected chi connectivity index (χ2v) is 5.43. The average Bonchev–Trinajstić information content (AvgIpc) is 2.44. The molecule has 62 valence electrons. The quantitative estimate of drug-likeness (QED) is 0.525. The van der Waals surface area contributed by atoms with E-state index in [9.17, 15) is 8.42 Å². The van der Waals surface area contributed by atoms with Crippen molar-refractivity contribution in [1.29, 1.82) is 0 Å². The summed E-state index contributed by atoms with van der Waals surface area (Å²) in [6.45, 7) is 0. The third-order valence-electron chi connectivity index (χ3n) is 2.84. The Morgan fingerprint density at radius 1 is 1.36 bits per heavy atom. The first-order valence-electron chi connectivity index (χ1n) is 3.83. The van der Waals surface area contributed by atoms with Gasteiger partial charge in [0.25, 0.3) is 0 Å². The number of rotatable bonds is 0. The summed E-state index contributed by atoms with van der Waals surface area (Å²) in [7, 11) is -3.01. The minimum absolute atomic E-state index is 0.0370. The van der Waals surface area contributed by atoms with Gasteiger partial charge in [-0.05, 0) is 12.8 Å². The highest BCUT2D eigenvalue weighted by Gasteiger charge is 2.59. The van der Waals surface area contributed by atoms with Crippen LogP contribution in [0.15, 0.2) is 0 Å². The first-order chi connectivity index (χ1) is 5.17. The number of hydrogen-bond acceptors (Lipinski definition) is 3. The molecule has 3 rings (SSSR count). The molecular weight excluding hydrogens is 166 g/mol. The first-order valence-corrected chi connectivity index (χ1v) is 5.38. The van der Waals surface area contributed by atoms with Gasteiger partial charge in [-0.1, -0.05) is 0 Å². The van der Waals surface area contributed by atoms with Gasteiger partial charge in [0.2, 0.25) is 10.0 Å². The van der Waals surface area contributed by atoms with Crippen LogP contribution in [0.25, 0.3) is 0 Å². The van der Waals surface area contributed by atoms with Gasteiger partial charge in [-0.3, -0.25) is 0 Å². The third kappa shape index (κ3) is 0.641. The Morgan fingerprint density at radius 3 is 2.73 bits per heavy atom. The largest absolute Gasteiger partial charge is 0.372 e. The molecule has 1 N–H and O–H groups in total. The maximum absolute atomic E-state index is 11.3. The number of hydrogen-bond donors (Lipinski definition) is 1. The van der Waals surface area contributed by atoms with Gasteiger partial charge < -0.3 is 4.74 Å². The van der Waals surface area contributed by atoms with E-state index in [1.54, 1.807) is 0 Å². The zero-order chi connectivity index (χ0) is 7.64. The van der Waals surface area contributed by atoms with Crippen LogP contribution in [-0.4, -0.2) is 31.9 Å². The zero-order valence-corrected chi connectivity index (χ0v) is 6.67. The Labute approximate surface area is 65.0 Å². The van der Waals surface area contributed by atoms with E-state index < -0.39 is 10.0 Å². The minimum atomic E-state index is -3.01. The molecule has 5 heteroatoms. The second kappa shape index (κ2) is 1.62. The number of nitrogens with one attached hydrogen (secondary N) is 1. The van der Waals surface area contributed by atoms with Crippen LogP contribution in [0.2, 0.25) is 0 Å². The number of fused-ring (bicyclic) bond motifs is 1. The van der Waals surface area contributed by atoms with Gasteiger partial charge >= 0.3 is 0 Å². The van der Waals surface area contributed by atoms with Gasteiger partial charge in [0.15, 0.2) is 0 Å². The van der Waals surface area contributed by atoms with E-state index in [0.717, 1.165) is 6.42 Å². The predicted octanol–water partition coefficient (Wildman–Crippen LogP) is -0.782. The fourth-order valence-corrected chi connectivity index (χ4v) is 4.30. The van der Waals surface area contributed by atoms with Gasteiger partial charge in [-0.2, -0.15) is 0 Å². The summed E-state index contributed by atoms with van der Waals surface area (Å²) in [6, 6.07) is 0.0868. The number of sulfonamides is 1. The molecule has 4 atom stereocenters. The van der Waals surface area contributed by atoms with Crippen LogP contribution in [0.1, 0.15) is 12.8 Å². The molecular formula is C6H9NO3S. The molecule has 0 aromatic heterocycles. The maximum atomic E-state index is 11.3. The fraction of sp³-hybridized carbons (Fsp3) is 1.00. The van der Waals surface area contributed by atoms with Crippen molar-refractivity contribution in [3.05, 3.63) is 0 Å². The predicted molar refractivity (Wildman–Crippen MR) is 37.5 cm³/mol. The highest BCUT2D eigenvalue weighted by atomic mass is 32.2. The molecule has 4 nitrogen and oxygen atoms in total. The maximum Gasteiger partial charge on any atom is 0.217 e. The molecule has 3 aliphatic rings. The summed E-state index contributed by atoms with van der Waals surface area (Å²) in [5, 5.41) is -0.244. The van der Waals surface area contributed by atoms with Crippen molar-refractivity contribution < 1.29 is 13.2 Å². The fourth-order valence-electron chi connectivity index (χ4n) is 2.40. The van der Waals surface area contributed by atoms with Crippen LogP contribution in [-0.2, 0) is 14.8 Å². The summed E-state index contributed by atoms with van der Waals surface area (Å²) < 4.78 is 30.7. The summed E-state index contributed by atoms with van der Waals surface area (Å²) in [5.74, 6) is 0. The highest BCUT2D eigenvalue weighted by molar-refractivity contribution is 7.90. The molecule has 11 heavy (non-hydrogen) atoms. The summed E-state index contributed by atoms with van der Waals surface area (Å²) in [4.78, 5) is 0. The van der Waals surface area contributed by atoms with Crippen LogP contribution in [0.5, 0.6) is 0 Å². The van der Waals surface area contributed by atoms with Gasteiger partial charge in [-0.15, -0.1) is 0 Å². The Bertz CT molecular complexity index is 297. The van der Waals surface area contributed by atoms with Crippen molar-refractivity contribution >= 4 is 10.0 Å². The molecule has 3 fully saturated rings. The lowest BCUT2D eigenvalue weighted by molar-refractivity contribution is 0.103. The standard InChI is InChI=1S/C6H9NO3S/c8-11(9)5-2-3-1-4(7-11)6(5)10-3/h3-7H,1-2H2. The van der Waals surface area contributed by atoms with E-state index in [-0.39, 0.29) is 23.5 Å². The van der Waals surface area contributed by atoms with Crippen molar-refractivity contribution in [3.63, 3.8) is 0 Å². The average molecular weight is 175 g/mol. The van der Waals surface area contributed by atoms with Crippen molar-refractivity contribution in [2.24, 2.45) is 0 Å². The van der Waals surface area contributed by atoms with Gasteiger partial charge in [0, 0.05) is 0 Å². The molecule has 0 aromatic carbocycles. The molecule has 0 radical (unpaired) electrons. The molecule has 0 saturated carbocycles. The number of ether oxygens (including phenoxy) is 1. The molecule has 3 heterocycles. The zero-order valence-electron chi connectivity index (χ0n) is 5.86. The molecule has 3 saturated heterocycles. The molecule has 0 amide bonds. The van der Waals surface area contributed by atoms with Crippen molar-refractivity contribution in [1.82, 2.24) is 4.72 Å². The lowest BCUT2D eigenvalue weighted by Gasteiger charge is -2.08. The van der Waals surface area contributed by atoms with Crippen molar-refractivity contribution in [2.75, 3.05) is 0 Å². The smallest absolute Gasteiger partial charge is 0.217 e. The topological polar surface area (TPSA) is 55.4 Å². The summed E-state index contributed by atoms with van der Waals surface area (Å²) >= 11 is 0. The van der Waals surface area contributed by atoms with E-state index in [4.69, 9.17) is 4.74 Å². The normalized spacial score (nSPS) is 57.1. The van der Waals surface area contributed by atoms with E-state index >= 15 is 0 Å². The highest BCUT2D eigenvalue weighted by Crippen LogP contribution is 2.42. The third-order valence-corrected chi connectivity index (χ3v) is 4.73. The molecule has 0 aliphatic carbocycles. The minimum Gasteiger partial charge on any atom is -0.372 e. The van der Waals surface area contributed by atoms with Gasteiger partial charge in [0.05, 0.1) is 18.2 Å². The summed E-state index contributed by atoms with van der Waals surface area (Å²) in [5.41, 5.74) is 0. The Morgan fingerprint density at radius 2 is 2.18 bits per heavy atom. The van der Waals surface area contributed by atoms with Gasteiger partial charge in [-0.25, -0.2) is 13.1 Å². The van der Waals surface area contributed by atoms with Crippen molar-refractivity contribution in [3.8, 4) is 0 Å². The molecule has 4 unspecified atom stereocenters. The monoisotopic (exact) mass is 175 g/mol. The molecule has 3 aliphatic heterocycles. The Hall–Kier alpha value is -0.130. The van der Waals surface area contributed by atoms with Crippen LogP contribution in [0.3, 0.4) is 0 Å². The van der Waals surface area contributed by atoms with E-state index in [1.165, 1.54) is 0 Å². The summed E-state index contributed by atoms with van der Waals surface area (Å²) in [6.07, 6.45) is 1.75. The van der Waals surface area contributed by atoms with E-state index in [1.807, 2.05) is 0 Å². The second-order valence-electron chi connectivity index (χ2n) is 3.50. The first kappa shape index (κ1) is 6.39. The Balaban J connectivity index is 2.14. The molecule has 0 spiro atoms. The van der Waals surface area contributed by atoms with Crippen molar-refractivity contribution in [2.45, 2.75) is 36.3 Å². The van der Waals surface area contributed by atoms with Gasteiger partial charge in [0.1, 0.15) is 5.25 Å². The lowest BCUT2D eigenvalue weighted by atomic mass is 9.96. The molecule has 2 bridgehead atoms. The van der Waals surface area contributed by atoms with E-state index in [2.05, 4.69) is 4.72 Å². The molecule has 0 aromatic rings. The van der Waals surface area contributed by atoms with Crippen LogP contribution in [0, 0.1) is 0 Å². The van der Waals surface area contributed by atoms with Crippen LogP contribution >= 0.6 is 0 Å². The lowest BCUT2D eigenvalue weighted by Crippen LogP contribution is -2.29. The van der Waals surface area contributed by atoms with E-state index in [0.29, 0.717) is 6.42 Å². The van der Waals surface area contributed by atoms with Crippen LogP contribution < -0.4 is 4.72 Å².